The third-order valence-electron chi connectivity index (χ3n) is 3.61. The summed E-state index contributed by atoms with van der Waals surface area (Å²) in [6, 6.07) is 6.45. The molecular weight excluding hydrogens is 412 g/mol. The third-order valence-corrected chi connectivity index (χ3v) is 5.86. The van der Waals surface area contributed by atoms with Gasteiger partial charge in [-0.2, -0.15) is 0 Å². The number of carboxylic acid groups (broad SMARTS) is 1. The van der Waals surface area contributed by atoms with Crippen molar-refractivity contribution in [2.24, 2.45) is 0 Å². The minimum Gasteiger partial charge on any atom is -0.465 e. The van der Waals surface area contributed by atoms with Crippen molar-refractivity contribution in [2.75, 3.05) is 11.9 Å². The number of halogens is 1. The van der Waals surface area contributed by atoms with Gasteiger partial charge in [0, 0.05) is 13.2 Å². The zero-order valence-corrected chi connectivity index (χ0v) is 15.6. The van der Waals surface area contributed by atoms with Crippen molar-refractivity contribution in [2.45, 2.75) is 11.8 Å². The first-order valence-electron chi connectivity index (χ1n) is 7.04. The molecule has 1 aromatic carbocycles. The van der Waals surface area contributed by atoms with E-state index in [9.17, 15) is 13.2 Å². The van der Waals surface area contributed by atoms with E-state index in [1.165, 1.54) is 31.6 Å². The van der Waals surface area contributed by atoms with Crippen LogP contribution in [0.15, 0.2) is 46.0 Å². The molecule has 1 amide bonds. The van der Waals surface area contributed by atoms with E-state index in [-0.39, 0.29) is 21.9 Å². The molecule has 2 heterocycles. The van der Waals surface area contributed by atoms with Gasteiger partial charge >= 0.3 is 6.09 Å². The summed E-state index contributed by atoms with van der Waals surface area (Å²) in [5.74, 6) is 0.0891. The Morgan fingerprint density at radius 2 is 1.92 bits per heavy atom. The lowest BCUT2D eigenvalue weighted by atomic mass is 10.2. The average Bonchev–Trinajstić information content (AvgIpc) is 2.91. The molecule has 2 aromatic heterocycles. The minimum atomic E-state index is -3.86. The topological polar surface area (TPSA) is 105 Å². The van der Waals surface area contributed by atoms with Crippen LogP contribution in [0.5, 0.6) is 0 Å². The lowest BCUT2D eigenvalue weighted by molar-refractivity contribution is 0.203. The molecule has 0 aliphatic heterocycles. The van der Waals surface area contributed by atoms with E-state index in [1.54, 1.807) is 12.1 Å². The highest BCUT2D eigenvalue weighted by Crippen LogP contribution is 2.28. The van der Waals surface area contributed by atoms with Gasteiger partial charge in [-0.1, -0.05) is 17.7 Å². The van der Waals surface area contributed by atoms with Gasteiger partial charge < -0.3 is 5.11 Å². The highest BCUT2D eigenvalue weighted by Gasteiger charge is 2.23. The Labute approximate surface area is 151 Å². The highest BCUT2D eigenvalue weighted by atomic mass is 79.9. The summed E-state index contributed by atoms with van der Waals surface area (Å²) in [6.45, 7) is 1.87. The maximum absolute atomic E-state index is 12.9. The van der Waals surface area contributed by atoms with Crippen LogP contribution in [0.3, 0.4) is 0 Å². The molecule has 0 spiro atoms. The molecule has 10 heteroatoms. The van der Waals surface area contributed by atoms with Crippen LogP contribution in [0.4, 0.5) is 10.6 Å². The summed E-state index contributed by atoms with van der Waals surface area (Å²) in [5.41, 5.74) is 1.30. The Hall–Kier alpha value is -2.46. The zero-order valence-electron chi connectivity index (χ0n) is 13.2. The number of fused-ring (bicyclic) bond motifs is 1. The van der Waals surface area contributed by atoms with Crippen LogP contribution in [0.25, 0.3) is 11.2 Å². The summed E-state index contributed by atoms with van der Waals surface area (Å²) in [6.07, 6.45) is 1.37. The van der Waals surface area contributed by atoms with Gasteiger partial charge in [-0.25, -0.2) is 27.2 Å². The number of anilines is 1. The summed E-state index contributed by atoms with van der Waals surface area (Å²) in [5, 5.41) is 9.03. The normalized spacial score (nSPS) is 11.6. The molecule has 3 aromatic rings. The molecule has 0 saturated heterocycles. The molecule has 0 aliphatic rings. The van der Waals surface area contributed by atoms with Crippen molar-refractivity contribution in [3.63, 3.8) is 0 Å². The van der Waals surface area contributed by atoms with Gasteiger partial charge in [-0.15, -0.1) is 0 Å². The summed E-state index contributed by atoms with van der Waals surface area (Å²) < 4.78 is 27.2. The third kappa shape index (κ3) is 2.98. The number of hydrogen-bond acceptors (Lipinski definition) is 5. The predicted molar refractivity (Wildman–Crippen MR) is 95.4 cm³/mol. The number of nitrogens with zero attached hydrogens (tertiary/aromatic N) is 4. The Morgan fingerprint density at radius 3 is 2.52 bits per heavy atom. The van der Waals surface area contributed by atoms with Crippen molar-refractivity contribution >= 4 is 49.0 Å². The SMILES string of the molecule is Cc1ccc(S(=O)(=O)n2cc(Br)c3nc(N(C)C(=O)O)cnc32)cc1. The summed E-state index contributed by atoms with van der Waals surface area (Å²) in [4.78, 5) is 20.3. The molecule has 0 aliphatic carbocycles. The highest BCUT2D eigenvalue weighted by molar-refractivity contribution is 9.10. The first-order valence-corrected chi connectivity index (χ1v) is 9.27. The molecule has 0 radical (unpaired) electrons. The average molecular weight is 425 g/mol. The fourth-order valence-electron chi connectivity index (χ4n) is 2.19. The van der Waals surface area contributed by atoms with Crippen LogP contribution in [-0.2, 0) is 10.0 Å². The number of carbonyl (C=O) groups is 1. The lowest BCUT2D eigenvalue weighted by Crippen LogP contribution is -2.25. The van der Waals surface area contributed by atoms with Gasteiger partial charge in [-0.05, 0) is 35.0 Å². The number of benzene rings is 1. The van der Waals surface area contributed by atoms with E-state index < -0.39 is 16.1 Å². The van der Waals surface area contributed by atoms with E-state index in [0.29, 0.717) is 4.47 Å². The lowest BCUT2D eigenvalue weighted by Gasteiger charge is -2.11. The van der Waals surface area contributed by atoms with Gasteiger partial charge in [0.1, 0.15) is 5.52 Å². The second kappa shape index (κ2) is 6.12. The molecule has 8 nitrogen and oxygen atoms in total. The molecule has 1 N–H and O–H groups in total. The first kappa shape index (κ1) is 17.4. The largest absolute Gasteiger partial charge is 0.465 e. The van der Waals surface area contributed by atoms with Crippen LogP contribution in [0, 0.1) is 6.92 Å². The van der Waals surface area contributed by atoms with Crippen molar-refractivity contribution in [3.05, 3.63) is 46.7 Å². The molecule has 0 saturated carbocycles. The molecule has 0 fully saturated rings. The van der Waals surface area contributed by atoms with Crippen molar-refractivity contribution in [1.82, 2.24) is 13.9 Å². The van der Waals surface area contributed by atoms with Gasteiger partial charge in [0.25, 0.3) is 10.0 Å². The number of rotatable bonds is 3. The number of hydrogen-bond donors (Lipinski definition) is 1. The van der Waals surface area contributed by atoms with Gasteiger partial charge in [0.2, 0.25) is 0 Å². The Bertz CT molecular complexity index is 1080. The van der Waals surface area contributed by atoms with Gasteiger partial charge in [0.05, 0.1) is 15.6 Å². The fourth-order valence-corrected chi connectivity index (χ4v) is 4.11. The molecule has 3 rings (SSSR count). The van der Waals surface area contributed by atoms with Crippen LogP contribution in [0.1, 0.15) is 5.56 Å². The van der Waals surface area contributed by atoms with Crippen LogP contribution in [0.2, 0.25) is 0 Å². The van der Waals surface area contributed by atoms with E-state index >= 15 is 0 Å². The van der Waals surface area contributed by atoms with Crippen LogP contribution < -0.4 is 4.90 Å². The number of aromatic nitrogens is 3. The molecule has 25 heavy (non-hydrogen) atoms. The smallest absolute Gasteiger partial charge is 0.412 e. The van der Waals surface area contributed by atoms with Crippen molar-refractivity contribution in [1.29, 1.82) is 0 Å². The molecule has 0 unspecified atom stereocenters. The maximum Gasteiger partial charge on any atom is 0.412 e. The second-order valence-electron chi connectivity index (χ2n) is 5.33. The van der Waals surface area contributed by atoms with Crippen LogP contribution in [-0.4, -0.2) is 40.6 Å². The van der Waals surface area contributed by atoms with Crippen molar-refractivity contribution < 1.29 is 18.3 Å². The van der Waals surface area contributed by atoms with E-state index in [1.807, 2.05) is 6.92 Å². The fraction of sp³-hybridized carbons (Fsp3) is 0.133. The Balaban J connectivity index is 2.18. The number of aryl methyl sites for hydroxylation is 1. The monoisotopic (exact) mass is 424 g/mol. The summed E-state index contributed by atoms with van der Waals surface area (Å²) >= 11 is 3.26. The van der Waals surface area contributed by atoms with Crippen molar-refractivity contribution in [3.8, 4) is 0 Å². The molecule has 0 atom stereocenters. The molecular formula is C15H13BrN4O4S. The van der Waals surface area contributed by atoms with Gasteiger partial charge in [0.15, 0.2) is 11.5 Å². The van der Waals surface area contributed by atoms with E-state index in [0.717, 1.165) is 14.4 Å². The standard InChI is InChI=1S/C15H13BrN4O4S/c1-9-3-5-10(6-4-9)25(23,24)20-8-11(16)13-14(20)17-7-12(18-13)19(2)15(21)22/h3-8H,1-2H3,(H,21,22). The first-order chi connectivity index (χ1) is 11.7. The van der Waals surface area contributed by atoms with Crippen LogP contribution >= 0.6 is 15.9 Å². The maximum atomic E-state index is 12.9. The van der Waals surface area contributed by atoms with Gasteiger partial charge in [-0.3, -0.25) is 4.90 Å². The molecule has 130 valence electrons. The van der Waals surface area contributed by atoms with E-state index in [2.05, 4.69) is 25.9 Å². The Kier molecular flexibility index (Phi) is 4.25. The number of amides is 1. The van der Waals surface area contributed by atoms with E-state index in [4.69, 9.17) is 5.11 Å². The predicted octanol–water partition coefficient (Wildman–Crippen LogP) is 2.85. The minimum absolute atomic E-state index is 0.0891. The quantitative estimate of drug-likeness (QED) is 0.692. The zero-order chi connectivity index (χ0) is 18.4. The summed E-state index contributed by atoms with van der Waals surface area (Å²) in [7, 11) is -2.53. The second-order valence-corrected chi connectivity index (χ2v) is 8.00. The molecule has 0 bridgehead atoms. The Morgan fingerprint density at radius 1 is 1.28 bits per heavy atom.